The smallest absolute Gasteiger partial charge is 0.410 e. The van der Waals surface area contributed by atoms with E-state index in [0.717, 1.165) is 5.39 Å². The molecular weight excluding hydrogens is 389 g/mol. The molecule has 1 aromatic heterocycles. The van der Waals surface area contributed by atoms with Crippen molar-refractivity contribution in [1.82, 2.24) is 14.8 Å². The number of aliphatic hydroxyl groups is 1. The molecule has 0 bridgehead atoms. The second-order valence-corrected chi connectivity index (χ2v) is 8.53. The van der Waals surface area contributed by atoms with Crippen LogP contribution in [0.5, 0.6) is 5.88 Å². The SMILES string of the molecule is COc1ccc2ccc(F)c(C(CO)CN3CCN(C(=O)OC(C)(C)C)CC3)c2n1. The predicted octanol–water partition coefficient (Wildman–Crippen LogP) is 3.01. The van der Waals surface area contributed by atoms with E-state index in [4.69, 9.17) is 9.47 Å². The number of pyridine rings is 1. The first kappa shape index (κ1) is 22.2. The fourth-order valence-corrected chi connectivity index (χ4v) is 3.66. The van der Waals surface area contributed by atoms with Gasteiger partial charge < -0.3 is 19.5 Å². The number of fused-ring (bicyclic) bond motifs is 1. The molecule has 1 atom stereocenters. The molecule has 1 aromatic carbocycles. The third-order valence-corrected chi connectivity index (χ3v) is 5.16. The molecule has 1 aliphatic heterocycles. The number of halogens is 1. The van der Waals surface area contributed by atoms with Gasteiger partial charge in [-0.25, -0.2) is 14.2 Å². The van der Waals surface area contributed by atoms with Crippen molar-refractivity contribution in [3.63, 3.8) is 0 Å². The molecule has 1 unspecified atom stereocenters. The van der Waals surface area contributed by atoms with Gasteiger partial charge in [-0.15, -0.1) is 0 Å². The molecule has 0 aliphatic carbocycles. The highest BCUT2D eigenvalue weighted by molar-refractivity contribution is 5.83. The van der Waals surface area contributed by atoms with Crippen molar-refractivity contribution in [3.8, 4) is 5.88 Å². The van der Waals surface area contributed by atoms with E-state index in [1.54, 1.807) is 17.0 Å². The lowest BCUT2D eigenvalue weighted by Gasteiger charge is -2.37. The zero-order chi connectivity index (χ0) is 21.9. The zero-order valence-electron chi connectivity index (χ0n) is 18.0. The minimum atomic E-state index is -0.532. The molecule has 0 saturated carbocycles. The number of hydrogen-bond donors (Lipinski definition) is 1. The number of aromatic nitrogens is 1. The highest BCUT2D eigenvalue weighted by Crippen LogP contribution is 2.29. The lowest BCUT2D eigenvalue weighted by atomic mass is 9.95. The maximum atomic E-state index is 14.8. The maximum absolute atomic E-state index is 14.8. The molecule has 1 amide bonds. The third-order valence-electron chi connectivity index (χ3n) is 5.16. The Morgan fingerprint density at radius 3 is 2.47 bits per heavy atom. The number of carbonyl (C=O) groups is 1. The number of benzene rings is 1. The standard InChI is InChI=1S/C22H30FN3O4/c1-22(2,3)30-21(28)26-11-9-25(10-12-26)13-16(14-27)19-17(23)7-5-15-6-8-18(29-4)24-20(15)19/h5-8,16,27H,9-14H2,1-4H3. The number of nitrogens with zero attached hydrogens (tertiary/aromatic N) is 3. The molecule has 2 heterocycles. The van der Waals surface area contributed by atoms with Crippen molar-refractivity contribution in [2.45, 2.75) is 32.3 Å². The van der Waals surface area contributed by atoms with Gasteiger partial charge in [0.1, 0.15) is 11.4 Å². The molecule has 3 rings (SSSR count). The van der Waals surface area contributed by atoms with Crippen molar-refractivity contribution in [2.24, 2.45) is 0 Å². The number of rotatable bonds is 5. The monoisotopic (exact) mass is 419 g/mol. The summed E-state index contributed by atoms with van der Waals surface area (Å²) >= 11 is 0. The fourth-order valence-electron chi connectivity index (χ4n) is 3.66. The van der Waals surface area contributed by atoms with Crippen LogP contribution in [0.1, 0.15) is 32.3 Å². The first-order valence-electron chi connectivity index (χ1n) is 10.2. The van der Waals surface area contributed by atoms with E-state index >= 15 is 0 Å². The minimum absolute atomic E-state index is 0.207. The molecule has 1 aliphatic rings. The van der Waals surface area contributed by atoms with Gasteiger partial charge in [0, 0.05) is 55.7 Å². The maximum Gasteiger partial charge on any atom is 0.410 e. The van der Waals surface area contributed by atoms with Gasteiger partial charge in [-0.2, -0.15) is 0 Å². The number of carbonyl (C=O) groups excluding carboxylic acids is 1. The van der Waals surface area contributed by atoms with E-state index in [9.17, 15) is 14.3 Å². The van der Waals surface area contributed by atoms with Crippen molar-refractivity contribution in [1.29, 1.82) is 0 Å². The number of hydrogen-bond acceptors (Lipinski definition) is 6. The largest absolute Gasteiger partial charge is 0.481 e. The van der Waals surface area contributed by atoms with E-state index < -0.39 is 17.3 Å². The quantitative estimate of drug-likeness (QED) is 0.803. The summed E-state index contributed by atoms with van der Waals surface area (Å²) in [5.74, 6) is -0.437. The molecule has 164 valence electrons. The summed E-state index contributed by atoms with van der Waals surface area (Å²) in [6, 6.07) is 6.65. The number of amides is 1. The molecule has 1 fully saturated rings. The van der Waals surface area contributed by atoms with Crippen LogP contribution in [-0.4, -0.2) is 78.0 Å². The Morgan fingerprint density at radius 1 is 1.20 bits per heavy atom. The minimum Gasteiger partial charge on any atom is -0.481 e. The lowest BCUT2D eigenvalue weighted by Crippen LogP contribution is -2.50. The van der Waals surface area contributed by atoms with E-state index in [1.807, 2.05) is 26.8 Å². The molecule has 0 spiro atoms. The van der Waals surface area contributed by atoms with Crippen LogP contribution >= 0.6 is 0 Å². The average Bonchev–Trinajstić information content (AvgIpc) is 2.71. The second kappa shape index (κ2) is 9.14. The van der Waals surface area contributed by atoms with Crippen LogP contribution in [0.2, 0.25) is 0 Å². The first-order valence-corrected chi connectivity index (χ1v) is 10.2. The van der Waals surface area contributed by atoms with Crippen LogP contribution in [0.25, 0.3) is 10.9 Å². The van der Waals surface area contributed by atoms with E-state index in [-0.39, 0.29) is 12.7 Å². The van der Waals surface area contributed by atoms with Crippen molar-refractivity contribution < 1.29 is 23.8 Å². The molecule has 7 nitrogen and oxygen atoms in total. The number of ether oxygens (including phenoxy) is 2. The summed E-state index contributed by atoms with van der Waals surface area (Å²) in [6.07, 6.45) is -0.322. The van der Waals surface area contributed by atoms with Crippen molar-refractivity contribution >= 4 is 17.0 Å². The topological polar surface area (TPSA) is 75.1 Å². The summed E-state index contributed by atoms with van der Waals surface area (Å²) in [5.41, 5.74) is 0.361. The Labute approximate surface area is 176 Å². The van der Waals surface area contributed by atoms with Gasteiger partial charge in [0.15, 0.2) is 0 Å². The van der Waals surface area contributed by atoms with Gasteiger partial charge in [-0.3, -0.25) is 4.90 Å². The van der Waals surface area contributed by atoms with Gasteiger partial charge in [0.2, 0.25) is 5.88 Å². The molecular formula is C22H30FN3O4. The molecule has 1 saturated heterocycles. The number of piperazine rings is 1. The molecule has 2 aromatic rings. The number of methoxy groups -OCH3 is 1. The molecule has 1 N–H and O–H groups in total. The Balaban J connectivity index is 1.73. The Hall–Kier alpha value is -2.45. The third kappa shape index (κ3) is 5.17. The van der Waals surface area contributed by atoms with Gasteiger partial charge in [0.05, 0.1) is 19.2 Å². The summed E-state index contributed by atoms with van der Waals surface area (Å²) < 4.78 is 25.4. The lowest BCUT2D eigenvalue weighted by molar-refractivity contribution is 0.0135. The van der Waals surface area contributed by atoms with E-state index in [2.05, 4.69) is 9.88 Å². The number of aliphatic hydroxyl groups excluding tert-OH is 1. The van der Waals surface area contributed by atoms with Crippen LogP contribution < -0.4 is 4.74 Å². The van der Waals surface area contributed by atoms with Crippen LogP contribution in [0.4, 0.5) is 9.18 Å². The summed E-state index contributed by atoms with van der Waals surface area (Å²) in [5, 5.41) is 10.8. The van der Waals surface area contributed by atoms with Crippen LogP contribution in [0.3, 0.4) is 0 Å². The molecule has 0 radical (unpaired) electrons. The van der Waals surface area contributed by atoms with Gasteiger partial charge >= 0.3 is 6.09 Å². The summed E-state index contributed by atoms with van der Waals surface area (Å²) in [7, 11) is 1.51. The zero-order valence-corrected chi connectivity index (χ0v) is 18.0. The van der Waals surface area contributed by atoms with E-state index in [0.29, 0.717) is 49.7 Å². The second-order valence-electron chi connectivity index (χ2n) is 8.53. The predicted molar refractivity (Wildman–Crippen MR) is 112 cm³/mol. The normalized spacial score (nSPS) is 16.5. The average molecular weight is 419 g/mol. The molecule has 30 heavy (non-hydrogen) atoms. The Morgan fingerprint density at radius 2 is 1.87 bits per heavy atom. The van der Waals surface area contributed by atoms with Gasteiger partial charge in [0.25, 0.3) is 0 Å². The first-order chi connectivity index (χ1) is 14.2. The fraction of sp³-hybridized carbons (Fsp3) is 0.545. The van der Waals surface area contributed by atoms with Crippen molar-refractivity contribution in [2.75, 3.05) is 46.4 Å². The summed E-state index contributed by atoms with van der Waals surface area (Å²) in [6.45, 7) is 8.08. The summed E-state index contributed by atoms with van der Waals surface area (Å²) in [4.78, 5) is 20.5. The molecule has 8 heteroatoms. The van der Waals surface area contributed by atoms with Crippen molar-refractivity contribution in [3.05, 3.63) is 35.6 Å². The van der Waals surface area contributed by atoms with Gasteiger partial charge in [-0.1, -0.05) is 0 Å². The van der Waals surface area contributed by atoms with Crippen LogP contribution in [0.15, 0.2) is 24.3 Å². The van der Waals surface area contributed by atoms with Gasteiger partial charge in [-0.05, 0) is 39.0 Å². The Kier molecular flexibility index (Phi) is 6.77. The highest BCUT2D eigenvalue weighted by Gasteiger charge is 2.28. The highest BCUT2D eigenvalue weighted by atomic mass is 19.1. The van der Waals surface area contributed by atoms with Crippen LogP contribution in [-0.2, 0) is 4.74 Å². The Bertz CT molecular complexity index is 892. The van der Waals surface area contributed by atoms with E-state index in [1.165, 1.54) is 13.2 Å². The van der Waals surface area contributed by atoms with Crippen LogP contribution in [0, 0.1) is 5.82 Å².